The van der Waals surface area contributed by atoms with Crippen LogP contribution in [-0.2, 0) is 24.1 Å². The first kappa shape index (κ1) is 14.4. The average Bonchev–Trinajstić information content (AvgIpc) is 2.96. The lowest BCUT2D eigenvalue weighted by molar-refractivity contribution is -0.129. The predicted octanol–water partition coefficient (Wildman–Crippen LogP) is 1.70. The summed E-state index contributed by atoms with van der Waals surface area (Å²) >= 11 is 0. The number of amides is 1. The molecule has 3 nitrogen and oxygen atoms in total. The summed E-state index contributed by atoms with van der Waals surface area (Å²) in [6.45, 7) is 1.55. The van der Waals surface area contributed by atoms with E-state index in [0.29, 0.717) is 6.42 Å². The molecule has 19 heavy (non-hydrogen) atoms. The maximum atomic E-state index is 12.1. The lowest BCUT2D eigenvalue weighted by Gasteiger charge is -2.16. The fourth-order valence-corrected chi connectivity index (χ4v) is 3.04. The van der Waals surface area contributed by atoms with Crippen molar-refractivity contribution in [1.29, 1.82) is 0 Å². The minimum Gasteiger partial charge on any atom is -0.341 e. The van der Waals surface area contributed by atoms with Gasteiger partial charge in [0.1, 0.15) is 0 Å². The van der Waals surface area contributed by atoms with Crippen LogP contribution in [0, 0.1) is 0 Å². The Labute approximate surface area is 120 Å². The van der Waals surface area contributed by atoms with Crippen LogP contribution in [0.2, 0.25) is 0 Å². The molecule has 0 unspecified atom stereocenters. The molecule has 0 saturated carbocycles. The van der Waals surface area contributed by atoms with Gasteiger partial charge in [0.2, 0.25) is 5.91 Å². The number of fused-ring (bicyclic) bond motifs is 1. The van der Waals surface area contributed by atoms with Crippen LogP contribution in [0.1, 0.15) is 29.5 Å². The number of aryl methyl sites for hydroxylation is 2. The van der Waals surface area contributed by atoms with Gasteiger partial charge < -0.3 is 10.6 Å². The first-order chi connectivity index (χ1) is 8.72. The van der Waals surface area contributed by atoms with E-state index in [0.717, 1.165) is 25.1 Å². The number of halogens is 1. The fourth-order valence-electron chi connectivity index (χ4n) is 3.04. The highest BCUT2D eigenvalue weighted by Crippen LogP contribution is 2.23. The second kappa shape index (κ2) is 5.93. The monoisotopic (exact) mass is 280 g/mol. The number of likely N-dealkylation sites (tertiary alicyclic amines) is 1. The molecule has 1 aromatic carbocycles. The molecule has 2 N–H and O–H groups in total. The van der Waals surface area contributed by atoms with E-state index in [4.69, 9.17) is 5.73 Å². The highest BCUT2D eigenvalue weighted by Gasteiger charge is 2.23. The second-order valence-corrected chi connectivity index (χ2v) is 5.52. The Kier molecular flexibility index (Phi) is 4.48. The van der Waals surface area contributed by atoms with Gasteiger partial charge in [-0.2, -0.15) is 0 Å². The van der Waals surface area contributed by atoms with E-state index in [1.54, 1.807) is 0 Å². The summed E-state index contributed by atoms with van der Waals surface area (Å²) in [6.07, 6.45) is 5.10. The van der Waals surface area contributed by atoms with Gasteiger partial charge in [0.15, 0.2) is 0 Å². The first-order valence-corrected chi connectivity index (χ1v) is 6.86. The van der Waals surface area contributed by atoms with Gasteiger partial charge in [-0.3, -0.25) is 4.79 Å². The predicted molar refractivity (Wildman–Crippen MR) is 78.6 cm³/mol. The molecule has 104 valence electrons. The zero-order valence-electron chi connectivity index (χ0n) is 11.1. The number of hydrogen-bond donors (Lipinski definition) is 1. The van der Waals surface area contributed by atoms with Gasteiger partial charge >= 0.3 is 0 Å². The molecule has 0 spiro atoms. The molecule has 1 aliphatic heterocycles. The molecule has 4 heteroatoms. The molecule has 1 fully saturated rings. The lowest BCUT2D eigenvalue weighted by atomic mass is 10.0. The summed E-state index contributed by atoms with van der Waals surface area (Å²) in [7, 11) is 0. The Bertz CT molecular complexity index is 475. The van der Waals surface area contributed by atoms with Crippen LogP contribution in [0.25, 0.3) is 0 Å². The van der Waals surface area contributed by atoms with Crippen molar-refractivity contribution in [3.63, 3.8) is 0 Å². The minimum atomic E-state index is 0. The molecule has 0 bridgehead atoms. The topological polar surface area (TPSA) is 46.3 Å². The van der Waals surface area contributed by atoms with Crippen LogP contribution in [0.4, 0.5) is 0 Å². The number of rotatable bonds is 2. The molecule has 3 rings (SSSR count). The van der Waals surface area contributed by atoms with Crippen LogP contribution in [0.5, 0.6) is 0 Å². The Morgan fingerprint density at radius 3 is 2.84 bits per heavy atom. The average molecular weight is 281 g/mol. The minimum absolute atomic E-state index is 0. The highest BCUT2D eigenvalue weighted by atomic mass is 35.5. The van der Waals surface area contributed by atoms with E-state index < -0.39 is 0 Å². The third-order valence-electron chi connectivity index (χ3n) is 4.10. The molecular weight excluding hydrogens is 260 g/mol. The molecule has 2 aliphatic rings. The van der Waals surface area contributed by atoms with Crippen molar-refractivity contribution in [3.05, 3.63) is 34.9 Å². The largest absolute Gasteiger partial charge is 0.341 e. The van der Waals surface area contributed by atoms with Gasteiger partial charge in [0.25, 0.3) is 0 Å². The van der Waals surface area contributed by atoms with E-state index in [2.05, 4.69) is 18.2 Å². The fraction of sp³-hybridized carbons (Fsp3) is 0.533. The van der Waals surface area contributed by atoms with Crippen LogP contribution in [0.15, 0.2) is 18.2 Å². The smallest absolute Gasteiger partial charge is 0.227 e. The van der Waals surface area contributed by atoms with Crippen LogP contribution < -0.4 is 5.73 Å². The number of carbonyl (C=O) groups excluding carboxylic acids is 1. The quantitative estimate of drug-likeness (QED) is 0.896. The molecular formula is C15H21ClN2O. The molecule has 0 radical (unpaired) electrons. The molecule has 0 aromatic heterocycles. The summed E-state index contributed by atoms with van der Waals surface area (Å²) in [5, 5.41) is 0. The SMILES string of the molecule is Cl.N[C@@H]1CCN(C(=O)Cc2ccc3c(c2)CCC3)C1. The first-order valence-electron chi connectivity index (χ1n) is 6.86. The summed E-state index contributed by atoms with van der Waals surface area (Å²) in [5.41, 5.74) is 9.90. The number of nitrogens with zero attached hydrogens (tertiary/aromatic N) is 1. The van der Waals surface area contributed by atoms with E-state index in [9.17, 15) is 4.79 Å². The maximum Gasteiger partial charge on any atom is 0.227 e. The molecule has 1 saturated heterocycles. The van der Waals surface area contributed by atoms with E-state index in [1.165, 1.54) is 30.4 Å². The van der Waals surface area contributed by atoms with Crippen LogP contribution in [-0.4, -0.2) is 29.9 Å². The number of hydrogen-bond acceptors (Lipinski definition) is 2. The van der Waals surface area contributed by atoms with Crippen molar-refractivity contribution in [2.24, 2.45) is 5.73 Å². The van der Waals surface area contributed by atoms with Crippen LogP contribution >= 0.6 is 12.4 Å². The van der Waals surface area contributed by atoms with Crippen molar-refractivity contribution >= 4 is 18.3 Å². The lowest BCUT2D eigenvalue weighted by Crippen LogP contribution is -2.32. The third-order valence-corrected chi connectivity index (χ3v) is 4.10. The van der Waals surface area contributed by atoms with Crippen molar-refractivity contribution in [2.45, 2.75) is 38.1 Å². The van der Waals surface area contributed by atoms with Crippen molar-refractivity contribution in [3.8, 4) is 0 Å². The van der Waals surface area contributed by atoms with Crippen LogP contribution in [0.3, 0.4) is 0 Å². The van der Waals surface area contributed by atoms with Gasteiger partial charge in [0.05, 0.1) is 6.42 Å². The Morgan fingerprint density at radius 1 is 1.32 bits per heavy atom. The van der Waals surface area contributed by atoms with Gasteiger partial charge in [0, 0.05) is 19.1 Å². The normalized spacial score (nSPS) is 21.1. The zero-order chi connectivity index (χ0) is 12.5. The standard InChI is InChI=1S/C15H20N2O.ClH/c16-14-6-7-17(10-14)15(18)9-11-4-5-12-2-1-3-13(12)8-11;/h4-5,8,14H,1-3,6-7,9-10,16H2;1H/t14-;/m1./s1. The maximum absolute atomic E-state index is 12.1. The molecule has 1 atom stereocenters. The van der Waals surface area contributed by atoms with Gasteiger partial charge in [-0.15, -0.1) is 12.4 Å². The highest BCUT2D eigenvalue weighted by molar-refractivity contribution is 5.85. The Hall–Kier alpha value is -1.06. The molecule has 1 aliphatic carbocycles. The Balaban J connectivity index is 0.00000133. The van der Waals surface area contributed by atoms with Gasteiger partial charge in [-0.05, 0) is 42.4 Å². The Morgan fingerprint density at radius 2 is 2.11 bits per heavy atom. The summed E-state index contributed by atoms with van der Waals surface area (Å²) in [4.78, 5) is 14.0. The summed E-state index contributed by atoms with van der Waals surface area (Å²) in [5.74, 6) is 0.223. The molecule has 1 amide bonds. The van der Waals surface area contributed by atoms with Crippen molar-refractivity contribution in [2.75, 3.05) is 13.1 Å². The number of benzene rings is 1. The third kappa shape index (κ3) is 3.10. The van der Waals surface area contributed by atoms with Crippen molar-refractivity contribution in [1.82, 2.24) is 4.90 Å². The summed E-state index contributed by atoms with van der Waals surface area (Å²) < 4.78 is 0. The van der Waals surface area contributed by atoms with E-state index in [-0.39, 0.29) is 24.4 Å². The van der Waals surface area contributed by atoms with Gasteiger partial charge in [-0.25, -0.2) is 0 Å². The van der Waals surface area contributed by atoms with Gasteiger partial charge in [-0.1, -0.05) is 18.2 Å². The zero-order valence-corrected chi connectivity index (χ0v) is 11.9. The van der Waals surface area contributed by atoms with E-state index >= 15 is 0 Å². The second-order valence-electron chi connectivity index (χ2n) is 5.52. The molecule has 1 aromatic rings. The van der Waals surface area contributed by atoms with Crippen molar-refractivity contribution < 1.29 is 4.79 Å². The molecule has 1 heterocycles. The summed E-state index contributed by atoms with van der Waals surface area (Å²) in [6, 6.07) is 6.70. The number of carbonyl (C=O) groups is 1. The number of nitrogens with two attached hydrogens (primary N) is 1. The van der Waals surface area contributed by atoms with E-state index in [1.807, 2.05) is 4.90 Å².